The molecular weight excluding hydrogens is 260 g/mol. The van der Waals surface area contributed by atoms with Crippen LogP contribution in [0.1, 0.15) is 5.56 Å². The van der Waals surface area contributed by atoms with Crippen LogP contribution in [0.4, 0.5) is 11.4 Å². The number of oxazole rings is 1. The number of aromatic nitrogens is 2. The molecule has 0 unspecified atom stereocenters. The van der Waals surface area contributed by atoms with Crippen molar-refractivity contribution in [3.63, 3.8) is 0 Å². The van der Waals surface area contributed by atoms with E-state index in [9.17, 15) is 10.1 Å². The first kappa shape index (κ1) is 12.1. The molecule has 0 saturated carbocycles. The summed E-state index contributed by atoms with van der Waals surface area (Å²) in [5.74, 6) is 0.279. The maximum absolute atomic E-state index is 10.9. The highest BCUT2D eigenvalue weighted by molar-refractivity contribution is 5.75. The lowest BCUT2D eigenvalue weighted by Crippen LogP contribution is -1.92. The summed E-state index contributed by atoms with van der Waals surface area (Å²) in [6, 6.07) is 6.42. The zero-order valence-corrected chi connectivity index (χ0v) is 10.5. The number of hydrogen-bond acceptors (Lipinski definition) is 6. The van der Waals surface area contributed by atoms with Gasteiger partial charge in [-0.25, -0.2) is 4.98 Å². The predicted molar refractivity (Wildman–Crippen MR) is 73.0 cm³/mol. The molecule has 20 heavy (non-hydrogen) atoms. The average Bonchev–Trinajstić information content (AvgIpc) is 2.81. The second-order valence-corrected chi connectivity index (χ2v) is 4.37. The van der Waals surface area contributed by atoms with Gasteiger partial charge in [0.25, 0.3) is 5.69 Å². The van der Waals surface area contributed by atoms with Crippen LogP contribution in [0.3, 0.4) is 0 Å². The van der Waals surface area contributed by atoms with Gasteiger partial charge in [-0.1, -0.05) is 6.07 Å². The second-order valence-electron chi connectivity index (χ2n) is 4.37. The minimum atomic E-state index is -0.433. The number of nitrogens with zero attached hydrogens (tertiary/aromatic N) is 3. The summed E-state index contributed by atoms with van der Waals surface area (Å²) in [7, 11) is 0. The second kappa shape index (κ2) is 4.30. The first-order chi connectivity index (χ1) is 9.54. The topological polar surface area (TPSA) is 108 Å². The molecule has 2 aromatic heterocycles. The summed E-state index contributed by atoms with van der Waals surface area (Å²) < 4.78 is 5.53. The molecule has 0 amide bonds. The highest BCUT2D eigenvalue weighted by Gasteiger charge is 2.15. The molecule has 0 aliphatic rings. The Labute approximate surface area is 113 Å². The van der Waals surface area contributed by atoms with Gasteiger partial charge < -0.3 is 10.2 Å². The van der Waals surface area contributed by atoms with Crippen LogP contribution in [-0.4, -0.2) is 14.9 Å². The molecule has 1 aromatic carbocycles. The van der Waals surface area contributed by atoms with Crippen LogP contribution in [0.15, 0.2) is 34.9 Å². The molecule has 0 aliphatic carbocycles. The number of fused-ring (bicyclic) bond motifs is 1. The van der Waals surface area contributed by atoms with Crippen LogP contribution in [0.2, 0.25) is 0 Å². The zero-order valence-electron chi connectivity index (χ0n) is 10.5. The number of anilines is 1. The van der Waals surface area contributed by atoms with Crippen LogP contribution < -0.4 is 5.73 Å². The largest absolute Gasteiger partial charge is 0.434 e. The molecule has 100 valence electrons. The summed E-state index contributed by atoms with van der Waals surface area (Å²) in [5, 5.41) is 10.9. The molecule has 0 radical (unpaired) electrons. The van der Waals surface area contributed by atoms with Gasteiger partial charge in [-0.05, 0) is 13.0 Å². The summed E-state index contributed by atoms with van der Waals surface area (Å²) >= 11 is 0. The summed E-state index contributed by atoms with van der Waals surface area (Å²) in [5.41, 5.74) is 8.08. The predicted octanol–water partition coefficient (Wildman–Crippen LogP) is 2.69. The lowest BCUT2D eigenvalue weighted by Gasteiger charge is -1.99. The average molecular weight is 270 g/mol. The van der Waals surface area contributed by atoms with Gasteiger partial charge in [-0.2, -0.15) is 4.98 Å². The van der Waals surface area contributed by atoms with Gasteiger partial charge in [0, 0.05) is 23.3 Å². The highest BCUT2D eigenvalue weighted by Crippen LogP contribution is 2.28. The number of pyridine rings is 1. The standard InChI is InChI=1S/C13H10N4O3/c1-7-2-3-8(4-10(7)17(18)19)13-16-12-11(20-13)5-9(14)6-15-12/h2-6H,14H2,1H3. The van der Waals surface area contributed by atoms with E-state index in [2.05, 4.69) is 9.97 Å². The number of aryl methyl sites for hydroxylation is 1. The Balaban J connectivity index is 2.15. The van der Waals surface area contributed by atoms with E-state index in [1.54, 1.807) is 25.1 Å². The van der Waals surface area contributed by atoms with Gasteiger partial charge in [-0.15, -0.1) is 0 Å². The fraction of sp³-hybridized carbons (Fsp3) is 0.0769. The van der Waals surface area contributed by atoms with Crippen molar-refractivity contribution in [2.45, 2.75) is 6.92 Å². The SMILES string of the molecule is Cc1ccc(-c2nc3ncc(N)cc3o2)cc1[N+](=O)[O-]. The molecule has 0 bridgehead atoms. The van der Waals surface area contributed by atoms with Gasteiger partial charge in [-0.3, -0.25) is 10.1 Å². The van der Waals surface area contributed by atoms with Crippen molar-refractivity contribution in [2.24, 2.45) is 0 Å². The van der Waals surface area contributed by atoms with E-state index in [-0.39, 0.29) is 11.6 Å². The Hall–Kier alpha value is -2.96. The third kappa shape index (κ3) is 1.95. The Morgan fingerprint density at radius 1 is 1.35 bits per heavy atom. The molecular formula is C13H10N4O3. The number of nitrogens with two attached hydrogens (primary N) is 1. The molecule has 0 aliphatic heterocycles. The summed E-state index contributed by atoms with van der Waals surface area (Å²) in [4.78, 5) is 18.8. The molecule has 3 aromatic rings. The van der Waals surface area contributed by atoms with Crippen molar-refractivity contribution in [3.05, 3.63) is 46.1 Å². The third-order valence-electron chi connectivity index (χ3n) is 2.92. The Morgan fingerprint density at radius 3 is 2.90 bits per heavy atom. The van der Waals surface area contributed by atoms with Crippen molar-refractivity contribution >= 4 is 22.6 Å². The number of nitro groups is 1. The van der Waals surface area contributed by atoms with E-state index in [4.69, 9.17) is 10.2 Å². The van der Waals surface area contributed by atoms with Crippen LogP contribution >= 0.6 is 0 Å². The molecule has 7 heteroatoms. The fourth-order valence-electron chi connectivity index (χ4n) is 1.90. The molecule has 0 spiro atoms. The fourth-order valence-corrected chi connectivity index (χ4v) is 1.90. The molecule has 0 saturated heterocycles. The van der Waals surface area contributed by atoms with Gasteiger partial charge in [0.1, 0.15) is 0 Å². The van der Waals surface area contributed by atoms with Gasteiger partial charge >= 0.3 is 0 Å². The van der Waals surface area contributed by atoms with E-state index in [0.29, 0.717) is 28.0 Å². The summed E-state index contributed by atoms with van der Waals surface area (Å²) in [6.45, 7) is 1.68. The van der Waals surface area contributed by atoms with Crippen molar-refractivity contribution in [2.75, 3.05) is 5.73 Å². The maximum atomic E-state index is 10.9. The monoisotopic (exact) mass is 270 g/mol. The van der Waals surface area contributed by atoms with Crippen molar-refractivity contribution in [1.82, 2.24) is 9.97 Å². The molecule has 3 rings (SSSR count). The quantitative estimate of drug-likeness (QED) is 0.566. The van der Waals surface area contributed by atoms with Crippen molar-refractivity contribution in [3.8, 4) is 11.5 Å². The van der Waals surface area contributed by atoms with E-state index in [1.165, 1.54) is 12.3 Å². The van der Waals surface area contributed by atoms with Crippen LogP contribution in [0.5, 0.6) is 0 Å². The van der Waals surface area contributed by atoms with E-state index >= 15 is 0 Å². The van der Waals surface area contributed by atoms with Crippen LogP contribution in [0, 0.1) is 17.0 Å². The Morgan fingerprint density at radius 2 is 2.15 bits per heavy atom. The molecule has 0 fully saturated rings. The minimum absolute atomic E-state index is 0.0252. The van der Waals surface area contributed by atoms with E-state index in [0.717, 1.165) is 0 Å². The number of hydrogen-bond donors (Lipinski definition) is 1. The number of rotatable bonds is 2. The van der Waals surface area contributed by atoms with Gasteiger partial charge in [0.05, 0.1) is 16.8 Å². The van der Waals surface area contributed by atoms with E-state index in [1.807, 2.05) is 0 Å². The van der Waals surface area contributed by atoms with Gasteiger partial charge in [0.15, 0.2) is 11.2 Å². The van der Waals surface area contributed by atoms with Crippen molar-refractivity contribution in [1.29, 1.82) is 0 Å². The molecule has 2 heterocycles. The smallest absolute Gasteiger partial charge is 0.273 e. The first-order valence-corrected chi connectivity index (χ1v) is 5.82. The molecule has 2 N–H and O–H groups in total. The molecule has 7 nitrogen and oxygen atoms in total. The zero-order chi connectivity index (χ0) is 14.3. The van der Waals surface area contributed by atoms with Crippen molar-refractivity contribution < 1.29 is 9.34 Å². The minimum Gasteiger partial charge on any atom is -0.434 e. The first-order valence-electron chi connectivity index (χ1n) is 5.82. The molecule has 0 atom stereocenters. The number of nitro benzene ring substituents is 1. The number of nitrogen functional groups attached to an aromatic ring is 1. The lowest BCUT2D eigenvalue weighted by molar-refractivity contribution is -0.385. The van der Waals surface area contributed by atoms with Crippen LogP contribution in [-0.2, 0) is 0 Å². The Bertz CT molecular complexity index is 826. The maximum Gasteiger partial charge on any atom is 0.273 e. The number of benzene rings is 1. The summed E-state index contributed by atoms with van der Waals surface area (Å²) in [6.07, 6.45) is 1.48. The highest BCUT2D eigenvalue weighted by atomic mass is 16.6. The van der Waals surface area contributed by atoms with Crippen LogP contribution in [0.25, 0.3) is 22.7 Å². The van der Waals surface area contributed by atoms with E-state index < -0.39 is 4.92 Å². The lowest BCUT2D eigenvalue weighted by atomic mass is 10.1. The Kier molecular flexibility index (Phi) is 2.60. The normalized spacial score (nSPS) is 10.8. The van der Waals surface area contributed by atoms with Gasteiger partial charge in [0.2, 0.25) is 5.89 Å². The third-order valence-corrected chi connectivity index (χ3v) is 2.92.